The number of halogens is 2. The van der Waals surface area contributed by atoms with Gasteiger partial charge >= 0.3 is 0 Å². The summed E-state index contributed by atoms with van der Waals surface area (Å²) < 4.78 is 9.98. The quantitative estimate of drug-likeness (QED) is 0.567. The number of rotatable bonds is 1. The Kier molecular flexibility index (Phi) is 23.1. The maximum atomic E-state index is 9.98. The highest BCUT2D eigenvalue weighted by Gasteiger charge is 1.74. The van der Waals surface area contributed by atoms with Gasteiger partial charge in [0.05, 0.1) is 7.80 Å². The molecule has 0 saturated heterocycles. The van der Waals surface area contributed by atoms with Gasteiger partial charge < -0.3 is 4.57 Å². The Bertz CT molecular complexity index is 49.0. The lowest BCUT2D eigenvalue weighted by Crippen LogP contribution is -1.48. The molecule has 48 valence electrons. The van der Waals surface area contributed by atoms with Gasteiger partial charge in [-0.3, -0.25) is 0 Å². The second kappa shape index (κ2) is 10.3. The van der Waals surface area contributed by atoms with Crippen molar-refractivity contribution < 1.29 is 4.57 Å². The summed E-state index contributed by atoms with van der Waals surface area (Å²) in [7, 11) is 1.27. The van der Waals surface area contributed by atoms with E-state index in [9.17, 15) is 4.57 Å². The first-order valence-corrected chi connectivity index (χ1v) is 4.40. The molecule has 5 heteroatoms. The summed E-state index contributed by atoms with van der Waals surface area (Å²) in [6.07, 6.45) is 0. The minimum atomic E-state index is -1.16. The van der Waals surface area contributed by atoms with Crippen LogP contribution in [0.25, 0.3) is 0 Å². The molecule has 1 nitrogen and oxygen atoms in total. The van der Waals surface area contributed by atoms with Crippen molar-refractivity contribution in [3.05, 3.63) is 0 Å². The predicted octanol–water partition coefficient (Wildman–Crippen LogP) is 1.85. The van der Waals surface area contributed by atoms with E-state index >= 15 is 0 Å². The van der Waals surface area contributed by atoms with E-state index < -0.39 is 7.80 Å². The highest BCUT2D eigenvalue weighted by Crippen LogP contribution is 2.15. The smallest absolute Gasteiger partial charge is 0.0768 e. The van der Waals surface area contributed by atoms with Gasteiger partial charge in [-0.05, 0) is 6.66 Å². The first-order valence-electron chi connectivity index (χ1n) is 1.47. The molecule has 2 atom stereocenters. The SMILES string of the molecule is C[PH](=O)CP.Cl.Cl. The van der Waals surface area contributed by atoms with Crippen molar-refractivity contribution in [2.24, 2.45) is 0 Å². The summed E-state index contributed by atoms with van der Waals surface area (Å²) in [5, 5.41) is 0. The van der Waals surface area contributed by atoms with Crippen LogP contribution in [0.5, 0.6) is 0 Å². The lowest BCUT2D eigenvalue weighted by atomic mass is 11.9. The molecule has 0 aliphatic heterocycles. The van der Waals surface area contributed by atoms with Gasteiger partial charge in [-0.25, -0.2) is 0 Å². The molecule has 0 amide bonds. The summed E-state index contributed by atoms with van der Waals surface area (Å²) in [6.45, 7) is 1.75. The highest BCUT2D eigenvalue weighted by molar-refractivity contribution is 7.52. The molecule has 0 bridgehead atoms. The number of hydrogen-bond acceptors (Lipinski definition) is 1. The van der Waals surface area contributed by atoms with E-state index in [-0.39, 0.29) is 24.8 Å². The zero-order valence-corrected chi connectivity index (χ0v) is 7.80. The Morgan fingerprint density at radius 1 is 1.57 bits per heavy atom. The van der Waals surface area contributed by atoms with Crippen molar-refractivity contribution in [2.45, 2.75) is 0 Å². The van der Waals surface area contributed by atoms with E-state index in [4.69, 9.17) is 0 Å². The minimum absolute atomic E-state index is 0. The van der Waals surface area contributed by atoms with E-state index in [0.29, 0.717) is 0 Å². The largest absolute Gasteiger partial charge is 0.327 e. The van der Waals surface area contributed by atoms with Crippen molar-refractivity contribution >= 4 is 41.9 Å². The molecule has 0 N–H and O–H groups in total. The van der Waals surface area contributed by atoms with E-state index in [1.807, 2.05) is 0 Å². The highest BCUT2D eigenvalue weighted by atomic mass is 35.5. The summed E-state index contributed by atoms with van der Waals surface area (Å²) in [5.74, 6) is 0.769. The molecule has 0 heterocycles. The molecule has 0 saturated carbocycles. The van der Waals surface area contributed by atoms with Crippen LogP contribution in [0.3, 0.4) is 0 Å². The van der Waals surface area contributed by atoms with Gasteiger partial charge in [0.1, 0.15) is 0 Å². The van der Waals surface area contributed by atoms with Crippen molar-refractivity contribution in [1.82, 2.24) is 0 Å². The Balaban J connectivity index is -0.0000000800. The van der Waals surface area contributed by atoms with Crippen LogP contribution in [0.4, 0.5) is 0 Å². The van der Waals surface area contributed by atoms with Crippen LogP contribution in [0, 0.1) is 0 Å². The van der Waals surface area contributed by atoms with E-state index in [1.54, 1.807) is 6.66 Å². The molecule has 0 aliphatic rings. The molecular formula is C2H10Cl2OP2. The fourth-order valence-electron chi connectivity index (χ4n) is 0. The van der Waals surface area contributed by atoms with E-state index in [1.165, 1.54) is 0 Å². The third kappa shape index (κ3) is 18.9. The van der Waals surface area contributed by atoms with Crippen LogP contribution >= 0.6 is 41.9 Å². The first-order chi connectivity index (χ1) is 2.27. The normalized spacial score (nSPS) is 10.6. The lowest BCUT2D eigenvalue weighted by molar-refractivity contribution is 0.594. The van der Waals surface area contributed by atoms with Crippen molar-refractivity contribution in [1.29, 1.82) is 0 Å². The summed E-state index contributed by atoms with van der Waals surface area (Å²) >= 11 is 0. The maximum Gasteiger partial charge on any atom is 0.0768 e. The fourth-order valence-corrected chi connectivity index (χ4v) is 0. The third-order valence-corrected chi connectivity index (χ3v) is 2.59. The van der Waals surface area contributed by atoms with Gasteiger partial charge in [0.2, 0.25) is 0 Å². The standard InChI is InChI=1S/C2H8OP2.2ClH/c1-5(3)2-4;;/h5H,2,4H2,1H3;2*1H. The van der Waals surface area contributed by atoms with Crippen molar-refractivity contribution in [2.75, 3.05) is 12.6 Å². The van der Waals surface area contributed by atoms with E-state index in [2.05, 4.69) is 9.24 Å². The molecule has 0 aromatic heterocycles. The van der Waals surface area contributed by atoms with Gasteiger partial charge in [0.15, 0.2) is 0 Å². The molecule has 0 aliphatic carbocycles. The Hall–Kier alpha value is 1.24. The monoisotopic (exact) mass is 182 g/mol. The van der Waals surface area contributed by atoms with Crippen LogP contribution < -0.4 is 0 Å². The topological polar surface area (TPSA) is 17.1 Å². The van der Waals surface area contributed by atoms with Gasteiger partial charge in [0, 0.05) is 5.90 Å². The molecule has 0 spiro atoms. The van der Waals surface area contributed by atoms with Crippen LogP contribution in [-0.2, 0) is 4.57 Å². The molecule has 2 unspecified atom stereocenters. The van der Waals surface area contributed by atoms with Crippen LogP contribution in [-0.4, -0.2) is 12.6 Å². The molecule has 0 fully saturated rings. The molecular weight excluding hydrogens is 173 g/mol. The second-order valence-electron chi connectivity index (χ2n) is 0.906. The van der Waals surface area contributed by atoms with Gasteiger partial charge in [-0.2, -0.15) is 0 Å². The maximum absolute atomic E-state index is 9.98. The van der Waals surface area contributed by atoms with Crippen molar-refractivity contribution in [3.63, 3.8) is 0 Å². The van der Waals surface area contributed by atoms with Crippen LogP contribution in [0.2, 0.25) is 0 Å². The minimum Gasteiger partial charge on any atom is -0.327 e. The summed E-state index contributed by atoms with van der Waals surface area (Å²) in [6, 6.07) is 0. The van der Waals surface area contributed by atoms with Crippen LogP contribution in [0.15, 0.2) is 0 Å². The first kappa shape index (κ1) is 15.7. The Labute approximate surface area is 59.4 Å². The molecule has 0 radical (unpaired) electrons. The fraction of sp³-hybridized carbons (Fsp3) is 1.00. The van der Waals surface area contributed by atoms with Crippen LogP contribution in [0.1, 0.15) is 0 Å². The summed E-state index contributed by atoms with van der Waals surface area (Å²) in [5.41, 5.74) is 0. The molecule has 0 aromatic rings. The van der Waals surface area contributed by atoms with Gasteiger partial charge in [-0.1, -0.05) is 0 Å². The average Bonchev–Trinajstić information content (AvgIpc) is 1.38. The Morgan fingerprint density at radius 3 is 1.71 bits per heavy atom. The third-order valence-electron chi connectivity index (χ3n) is 0.287. The van der Waals surface area contributed by atoms with E-state index in [0.717, 1.165) is 5.90 Å². The van der Waals surface area contributed by atoms with Crippen molar-refractivity contribution in [3.8, 4) is 0 Å². The second-order valence-corrected chi connectivity index (χ2v) is 3.94. The van der Waals surface area contributed by atoms with Gasteiger partial charge in [-0.15, -0.1) is 34.1 Å². The predicted molar refractivity (Wildman–Crippen MR) is 44.0 cm³/mol. The molecule has 0 rings (SSSR count). The lowest BCUT2D eigenvalue weighted by Gasteiger charge is -1.74. The van der Waals surface area contributed by atoms with Gasteiger partial charge in [0.25, 0.3) is 0 Å². The number of hydrogen-bond donors (Lipinski definition) is 0. The molecule has 7 heavy (non-hydrogen) atoms. The zero-order valence-electron chi connectivity index (χ0n) is 4.01. The zero-order chi connectivity index (χ0) is 4.28. The summed E-state index contributed by atoms with van der Waals surface area (Å²) in [4.78, 5) is 0. The average molecular weight is 183 g/mol. The molecule has 0 aromatic carbocycles. The Morgan fingerprint density at radius 2 is 1.71 bits per heavy atom.